The normalized spacial score (nSPS) is 10.4. The molecule has 20 heavy (non-hydrogen) atoms. The van der Waals surface area contributed by atoms with Crippen LogP contribution in [-0.4, -0.2) is 11.0 Å². The van der Waals surface area contributed by atoms with E-state index >= 15 is 0 Å². The van der Waals surface area contributed by atoms with Crippen LogP contribution in [0.5, 0.6) is 0 Å². The Morgan fingerprint density at radius 3 is 2.70 bits per heavy atom. The maximum atomic E-state index is 11.8. The Labute approximate surface area is 119 Å². The number of carbonyl (C=O) groups is 1. The quantitative estimate of drug-likeness (QED) is 0.745. The molecule has 0 radical (unpaired) electrons. The number of halogens is 1. The lowest BCUT2D eigenvalue weighted by Gasteiger charge is -2.03. The van der Waals surface area contributed by atoms with Gasteiger partial charge in [0, 0.05) is 10.7 Å². The molecule has 0 atom stereocenters. The number of benzene rings is 2. The van der Waals surface area contributed by atoms with Crippen LogP contribution in [0.2, 0.25) is 5.02 Å². The lowest BCUT2D eigenvalue weighted by atomic mass is 10.3. The minimum atomic E-state index is -0.422. The number of nitrogens with one attached hydrogen (secondary N) is 2. The van der Waals surface area contributed by atoms with Gasteiger partial charge in [-0.15, -0.1) is 0 Å². The first kappa shape index (κ1) is 12.5. The van der Waals surface area contributed by atoms with Crippen molar-refractivity contribution in [2.45, 2.75) is 0 Å². The maximum Gasteiger partial charge on any atom is 0.327 e. The molecule has 100 valence electrons. The molecule has 0 aliphatic rings. The monoisotopic (exact) mass is 287 g/mol. The van der Waals surface area contributed by atoms with E-state index in [1.54, 1.807) is 30.3 Å². The van der Waals surface area contributed by atoms with Crippen LogP contribution in [0.25, 0.3) is 11.1 Å². The van der Waals surface area contributed by atoms with E-state index in [0.717, 1.165) is 0 Å². The first-order valence-corrected chi connectivity index (χ1v) is 6.28. The summed E-state index contributed by atoms with van der Waals surface area (Å²) < 4.78 is 5.39. The second kappa shape index (κ2) is 5.22. The molecule has 2 amide bonds. The van der Waals surface area contributed by atoms with Crippen molar-refractivity contribution in [3.05, 3.63) is 53.6 Å². The Balaban J connectivity index is 1.74. The van der Waals surface area contributed by atoms with E-state index in [9.17, 15) is 4.79 Å². The highest BCUT2D eigenvalue weighted by atomic mass is 35.5. The van der Waals surface area contributed by atoms with E-state index in [1.165, 1.54) is 0 Å². The fourth-order valence-corrected chi connectivity index (χ4v) is 1.90. The standard InChI is InChI=1S/C14H10ClN3O2/c15-9-6-7-12-11(8-9)17-14(20-12)18-13(19)16-10-4-2-1-3-5-10/h1-8H,(H2,16,17,18,19). The molecule has 3 aromatic rings. The van der Waals surface area contributed by atoms with Crippen LogP contribution >= 0.6 is 11.6 Å². The summed E-state index contributed by atoms with van der Waals surface area (Å²) in [6.45, 7) is 0. The summed E-state index contributed by atoms with van der Waals surface area (Å²) in [5, 5.41) is 5.76. The number of para-hydroxylation sites is 1. The van der Waals surface area contributed by atoms with Gasteiger partial charge >= 0.3 is 12.0 Å². The third kappa shape index (κ3) is 2.73. The van der Waals surface area contributed by atoms with Crippen molar-refractivity contribution in [2.75, 3.05) is 10.6 Å². The fraction of sp³-hybridized carbons (Fsp3) is 0. The summed E-state index contributed by atoms with van der Waals surface area (Å²) in [7, 11) is 0. The fourth-order valence-electron chi connectivity index (χ4n) is 1.73. The third-order valence-electron chi connectivity index (χ3n) is 2.60. The van der Waals surface area contributed by atoms with Gasteiger partial charge in [-0.25, -0.2) is 4.79 Å². The number of urea groups is 1. The number of nitrogens with zero attached hydrogens (tertiary/aromatic N) is 1. The van der Waals surface area contributed by atoms with E-state index < -0.39 is 6.03 Å². The Bertz CT molecular complexity index is 755. The first-order chi connectivity index (χ1) is 9.70. The number of amides is 2. The first-order valence-electron chi connectivity index (χ1n) is 5.90. The Morgan fingerprint density at radius 2 is 1.90 bits per heavy atom. The topological polar surface area (TPSA) is 67.2 Å². The van der Waals surface area contributed by atoms with Crippen molar-refractivity contribution in [3.8, 4) is 0 Å². The van der Waals surface area contributed by atoms with Gasteiger partial charge in [-0.05, 0) is 30.3 Å². The smallest absolute Gasteiger partial charge is 0.327 e. The molecular weight excluding hydrogens is 278 g/mol. The lowest BCUT2D eigenvalue weighted by Crippen LogP contribution is -2.19. The van der Waals surface area contributed by atoms with Gasteiger partial charge in [0.1, 0.15) is 5.52 Å². The van der Waals surface area contributed by atoms with Crippen molar-refractivity contribution in [2.24, 2.45) is 0 Å². The molecule has 0 spiro atoms. The predicted octanol–water partition coefficient (Wildman–Crippen LogP) is 4.13. The van der Waals surface area contributed by atoms with E-state index in [4.69, 9.17) is 16.0 Å². The van der Waals surface area contributed by atoms with Crippen molar-refractivity contribution in [1.29, 1.82) is 0 Å². The molecule has 0 fully saturated rings. The average molecular weight is 288 g/mol. The maximum absolute atomic E-state index is 11.8. The van der Waals surface area contributed by atoms with Gasteiger partial charge < -0.3 is 9.73 Å². The highest BCUT2D eigenvalue weighted by molar-refractivity contribution is 6.31. The van der Waals surface area contributed by atoms with Crippen molar-refractivity contribution < 1.29 is 9.21 Å². The SMILES string of the molecule is O=C(Nc1ccccc1)Nc1nc2cc(Cl)ccc2o1. The van der Waals surface area contributed by atoms with Gasteiger partial charge in [0.2, 0.25) is 0 Å². The second-order valence-corrected chi connectivity index (χ2v) is 4.51. The number of carbonyl (C=O) groups excluding carboxylic acids is 1. The molecule has 5 nitrogen and oxygen atoms in total. The Hall–Kier alpha value is -2.53. The van der Waals surface area contributed by atoms with Crippen LogP contribution in [0.1, 0.15) is 0 Å². The second-order valence-electron chi connectivity index (χ2n) is 4.08. The molecule has 0 aliphatic carbocycles. The molecule has 2 N–H and O–H groups in total. The molecule has 0 bridgehead atoms. The highest BCUT2D eigenvalue weighted by Crippen LogP contribution is 2.22. The van der Waals surface area contributed by atoms with Crippen LogP contribution in [-0.2, 0) is 0 Å². The molecule has 3 rings (SSSR count). The van der Waals surface area contributed by atoms with Crippen molar-refractivity contribution in [3.63, 3.8) is 0 Å². The largest absolute Gasteiger partial charge is 0.423 e. The van der Waals surface area contributed by atoms with Gasteiger partial charge in [-0.1, -0.05) is 29.8 Å². The number of anilines is 2. The molecular formula is C14H10ClN3O2. The lowest BCUT2D eigenvalue weighted by molar-refractivity contribution is 0.261. The highest BCUT2D eigenvalue weighted by Gasteiger charge is 2.09. The minimum absolute atomic E-state index is 0.121. The van der Waals surface area contributed by atoms with E-state index in [0.29, 0.717) is 21.8 Å². The van der Waals surface area contributed by atoms with Crippen LogP contribution in [0.3, 0.4) is 0 Å². The van der Waals surface area contributed by atoms with Gasteiger partial charge in [-0.2, -0.15) is 4.98 Å². The van der Waals surface area contributed by atoms with Gasteiger partial charge in [-0.3, -0.25) is 5.32 Å². The van der Waals surface area contributed by atoms with Crippen LogP contribution in [0.15, 0.2) is 52.9 Å². The summed E-state index contributed by atoms with van der Waals surface area (Å²) in [5.41, 5.74) is 1.83. The molecule has 2 aromatic carbocycles. The molecule has 1 heterocycles. The Kier molecular flexibility index (Phi) is 3.26. The molecule has 0 unspecified atom stereocenters. The number of oxazole rings is 1. The van der Waals surface area contributed by atoms with Crippen LogP contribution < -0.4 is 10.6 Å². The zero-order valence-electron chi connectivity index (χ0n) is 10.3. The number of rotatable bonds is 2. The number of aromatic nitrogens is 1. The summed E-state index contributed by atoms with van der Waals surface area (Å²) in [6, 6.07) is 13.9. The number of fused-ring (bicyclic) bond motifs is 1. The summed E-state index contributed by atoms with van der Waals surface area (Å²) in [6.07, 6.45) is 0. The minimum Gasteiger partial charge on any atom is -0.423 e. The summed E-state index contributed by atoms with van der Waals surface area (Å²) in [5.74, 6) is 0. The molecule has 0 aliphatic heterocycles. The van der Waals surface area contributed by atoms with Crippen molar-refractivity contribution >= 4 is 40.4 Å². The molecule has 0 saturated carbocycles. The van der Waals surface area contributed by atoms with Gasteiger partial charge in [0.05, 0.1) is 0 Å². The van der Waals surface area contributed by atoms with E-state index in [-0.39, 0.29) is 6.01 Å². The third-order valence-corrected chi connectivity index (χ3v) is 2.84. The van der Waals surface area contributed by atoms with E-state index in [1.807, 2.05) is 18.2 Å². The zero-order chi connectivity index (χ0) is 13.9. The summed E-state index contributed by atoms with van der Waals surface area (Å²) >= 11 is 5.86. The van der Waals surface area contributed by atoms with Crippen molar-refractivity contribution in [1.82, 2.24) is 4.98 Å². The van der Waals surface area contributed by atoms with Gasteiger partial charge in [0.25, 0.3) is 0 Å². The van der Waals surface area contributed by atoms with Gasteiger partial charge in [0.15, 0.2) is 5.58 Å². The number of hydrogen-bond donors (Lipinski definition) is 2. The Morgan fingerprint density at radius 1 is 1.10 bits per heavy atom. The van der Waals surface area contributed by atoms with E-state index in [2.05, 4.69) is 15.6 Å². The van der Waals surface area contributed by atoms with Crippen LogP contribution in [0, 0.1) is 0 Å². The van der Waals surface area contributed by atoms with Crippen LogP contribution in [0.4, 0.5) is 16.5 Å². The molecule has 0 saturated heterocycles. The number of hydrogen-bond acceptors (Lipinski definition) is 3. The molecule has 6 heteroatoms. The predicted molar refractivity (Wildman–Crippen MR) is 78.1 cm³/mol. The molecule has 1 aromatic heterocycles. The summed E-state index contributed by atoms with van der Waals surface area (Å²) in [4.78, 5) is 15.9. The zero-order valence-corrected chi connectivity index (χ0v) is 11.0. The average Bonchev–Trinajstić information content (AvgIpc) is 2.80.